The molecule has 0 aliphatic rings. The summed E-state index contributed by atoms with van der Waals surface area (Å²) in [6, 6.07) is 28.0. The Morgan fingerprint density at radius 1 is 0.733 bits per heavy atom. The van der Waals surface area contributed by atoms with E-state index in [1.54, 1.807) is 0 Å². The summed E-state index contributed by atoms with van der Waals surface area (Å²) in [6.45, 7) is 3.84. The first-order valence-corrected chi connectivity index (χ1v) is 11.1. The quantitative estimate of drug-likeness (QED) is 0.263. The number of hydrogen-bond donors (Lipinski definition) is 0. The Kier molecular flexibility index (Phi) is 3.67. The molecule has 0 atom stereocenters. The van der Waals surface area contributed by atoms with E-state index in [0.29, 0.717) is 0 Å². The van der Waals surface area contributed by atoms with Crippen molar-refractivity contribution in [2.24, 2.45) is 0 Å². The van der Waals surface area contributed by atoms with Gasteiger partial charge in [-0.15, -0.1) is 11.3 Å². The van der Waals surface area contributed by atoms with Crippen LogP contribution in [0.15, 0.2) is 85.1 Å². The van der Waals surface area contributed by atoms with Gasteiger partial charge in [0.05, 0.1) is 5.69 Å². The van der Waals surface area contributed by atoms with E-state index in [9.17, 15) is 0 Å². The number of rotatable bonds is 2. The van der Waals surface area contributed by atoms with Crippen LogP contribution < -0.4 is 0 Å². The summed E-state index contributed by atoms with van der Waals surface area (Å²) in [5.74, 6) is -0.655. The maximum atomic E-state index is 8.44. The lowest BCUT2D eigenvalue weighted by molar-refractivity contribution is 0.864. The van der Waals surface area contributed by atoms with Crippen molar-refractivity contribution in [3.8, 4) is 11.3 Å². The number of pyridine rings is 1. The predicted octanol–water partition coefficient (Wildman–Crippen LogP) is 8.55. The van der Waals surface area contributed by atoms with E-state index in [1.807, 2.05) is 37.4 Å². The van der Waals surface area contributed by atoms with Crippen LogP contribution in [0.2, 0.25) is 0 Å². The van der Waals surface area contributed by atoms with Crippen LogP contribution in [0.3, 0.4) is 0 Å². The molecule has 0 bridgehead atoms. The summed E-state index contributed by atoms with van der Waals surface area (Å²) in [4.78, 5) is 4.69. The molecule has 0 unspecified atom stereocenters. The van der Waals surface area contributed by atoms with Crippen LogP contribution >= 0.6 is 11.3 Å². The van der Waals surface area contributed by atoms with Crippen molar-refractivity contribution in [2.45, 2.75) is 19.7 Å². The van der Waals surface area contributed by atoms with Gasteiger partial charge in [0.2, 0.25) is 0 Å². The summed E-state index contributed by atoms with van der Waals surface area (Å²) in [5, 5.41) is 7.80. The minimum absolute atomic E-state index is 0.655. The second kappa shape index (κ2) is 6.65. The van der Waals surface area contributed by atoms with E-state index < -0.39 is 5.89 Å². The fourth-order valence-electron chi connectivity index (χ4n) is 4.52. The third-order valence-electron chi connectivity index (χ3n) is 5.99. The number of fused-ring (bicyclic) bond motifs is 8. The molecule has 30 heavy (non-hydrogen) atoms. The van der Waals surface area contributed by atoms with E-state index in [0.717, 1.165) is 16.8 Å². The number of hydrogen-bond acceptors (Lipinski definition) is 2. The lowest BCUT2D eigenvalue weighted by Crippen LogP contribution is -1.90. The average molecular weight is 405 g/mol. The van der Waals surface area contributed by atoms with Gasteiger partial charge in [0.1, 0.15) is 0 Å². The molecular weight excluding hydrogens is 382 g/mol. The molecule has 0 fully saturated rings. The maximum Gasteiger partial charge on any atom is 0.0719 e. The Balaban J connectivity index is 1.77. The largest absolute Gasteiger partial charge is 0.256 e. The zero-order valence-corrected chi connectivity index (χ0v) is 17.8. The van der Waals surface area contributed by atoms with Crippen molar-refractivity contribution in [1.82, 2.24) is 4.98 Å². The molecule has 0 spiro atoms. The van der Waals surface area contributed by atoms with Gasteiger partial charge in [-0.25, -0.2) is 0 Å². The van der Waals surface area contributed by atoms with Crippen molar-refractivity contribution in [3.63, 3.8) is 0 Å². The highest BCUT2D eigenvalue weighted by Gasteiger charge is 2.16. The molecule has 0 aliphatic heterocycles. The van der Waals surface area contributed by atoms with Gasteiger partial charge in [-0.2, -0.15) is 0 Å². The van der Waals surface area contributed by atoms with E-state index in [-0.39, 0.29) is 0 Å². The third kappa shape index (κ3) is 2.50. The van der Waals surface area contributed by atoms with Gasteiger partial charge < -0.3 is 0 Å². The van der Waals surface area contributed by atoms with Crippen LogP contribution in [0.25, 0.3) is 53.0 Å². The van der Waals surface area contributed by atoms with E-state index in [2.05, 4.69) is 72.8 Å². The van der Waals surface area contributed by atoms with Gasteiger partial charge in [0.25, 0.3) is 0 Å². The van der Waals surface area contributed by atoms with Crippen LogP contribution in [0.5, 0.6) is 0 Å². The zero-order chi connectivity index (χ0) is 21.2. The Hall–Kier alpha value is -3.23. The summed E-state index contributed by atoms with van der Waals surface area (Å²) >= 11 is 1.85. The number of thiophene rings is 1. The number of benzene rings is 4. The second-order valence-corrected chi connectivity index (χ2v) is 9.03. The highest BCUT2D eigenvalue weighted by atomic mass is 32.1. The zero-order valence-electron chi connectivity index (χ0n) is 17.9. The average Bonchev–Trinajstić information content (AvgIpc) is 3.19. The normalized spacial score (nSPS) is 12.8. The molecule has 0 amide bonds. The summed E-state index contributed by atoms with van der Waals surface area (Å²) in [6.07, 6.45) is 1.83. The molecule has 0 aliphatic carbocycles. The fraction of sp³-hybridized carbons (Fsp3) is 0.107. The number of nitrogens with zero attached hydrogens (tertiary/aromatic N) is 1. The molecule has 0 radical (unpaired) electrons. The first kappa shape index (κ1) is 16.6. The van der Waals surface area contributed by atoms with Crippen molar-refractivity contribution in [1.29, 1.82) is 0 Å². The second-order valence-electron chi connectivity index (χ2n) is 8.01. The maximum absolute atomic E-state index is 8.44. The molecular formula is C28H21NS. The van der Waals surface area contributed by atoms with E-state index in [4.69, 9.17) is 6.35 Å². The number of aromatic nitrogens is 1. The molecule has 1 nitrogen and oxygen atoms in total. The first-order valence-electron chi connectivity index (χ1n) is 10.7. The summed E-state index contributed by atoms with van der Waals surface area (Å²) in [5.41, 5.74) is 3.05. The molecule has 144 valence electrons. The predicted molar refractivity (Wildman–Crippen MR) is 132 cm³/mol. The third-order valence-corrected chi connectivity index (χ3v) is 7.26. The highest BCUT2D eigenvalue weighted by molar-refractivity contribution is 7.27. The minimum atomic E-state index is -0.655. The van der Waals surface area contributed by atoms with Gasteiger partial charge in [-0.3, -0.25) is 4.98 Å². The molecule has 2 aromatic heterocycles. The lowest BCUT2D eigenvalue weighted by Gasteiger charge is -2.08. The topological polar surface area (TPSA) is 12.9 Å². The van der Waals surface area contributed by atoms with Crippen LogP contribution in [-0.2, 0) is 0 Å². The van der Waals surface area contributed by atoms with Crippen molar-refractivity contribution in [3.05, 3.63) is 90.6 Å². The molecule has 0 N–H and O–H groups in total. The van der Waals surface area contributed by atoms with Crippen molar-refractivity contribution >= 4 is 53.1 Å². The van der Waals surface area contributed by atoms with Gasteiger partial charge >= 0.3 is 0 Å². The molecule has 4 aromatic carbocycles. The summed E-state index contributed by atoms with van der Waals surface area (Å²) in [7, 11) is 0. The lowest BCUT2D eigenvalue weighted by atomic mass is 9.96. The van der Waals surface area contributed by atoms with Crippen molar-refractivity contribution in [2.75, 3.05) is 0 Å². The smallest absolute Gasteiger partial charge is 0.0719 e. The van der Waals surface area contributed by atoms with Gasteiger partial charge in [0.15, 0.2) is 0 Å². The highest BCUT2D eigenvalue weighted by Crippen LogP contribution is 2.46. The SMILES string of the molecule is [2H]C(C)(C)c1ccnc(-c2cccc3c2sc2c4ccccc4c4ccccc4c32)c1. The Labute approximate surface area is 181 Å². The molecule has 0 saturated carbocycles. The monoisotopic (exact) mass is 404 g/mol. The van der Waals surface area contributed by atoms with Crippen LogP contribution in [0.4, 0.5) is 0 Å². The molecule has 2 heteroatoms. The van der Waals surface area contributed by atoms with E-state index >= 15 is 0 Å². The first-order chi connectivity index (χ1) is 15.0. The van der Waals surface area contributed by atoms with Crippen LogP contribution in [-0.4, -0.2) is 4.98 Å². The van der Waals surface area contributed by atoms with Gasteiger partial charge in [0, 0.05) is 38.7 Å². The van der Waals surface area contributed by atoms with Crippen molar-refractivity contribution < 1.29 is 1.37 Å². The van der Waals surface area contributed by atoms with Gasteiger partial charge in [-0.05, 0) is 39.7 Å². The fourth-order valence-corrected chi connectivity index (χ4v) is 5.90. The molecule has 0 saturated heterocycles. The molecule has 6 aromatic rings. The Morgan fingerprint density at radius 2 is 1.40 bits per heavy atom. The van der Waals surface area contributed by atoms with Crippen LogP contribution in [0, 0.1) is 0 Å². The Bertz CT molecular complexity index is 1620. The van der Waals surface area contributed by atoms with E-state index in [1.165, 1.54) is 41.7 Å². The summed E-state index contributed by atoms with van der Waals surface area (Å²) < 4.78 is 11.0. The van der Waals surface area contributed by atoms with Gasteiger partial charge in [-0.1, -0.05) is 80.6 Å². The molecule has 2 heterocycles. The molecule has 6 rings (SSSR count). The Morgan fingerprint density at radius 3 is 2.17 bits per heavy atom. The van der Waals surface area contributed by atoms with Crippen LogP contribution in [0.1, 0.15) is 26.7 Å². The minimum Gasteiger partial charge on any atom is -0.256 e. The standard InChI is InChI=1S/C28H21NS/c1-17(2)18-14-15-29-25(16-18)23-12-7-13-24-26-21-10-5-3-8-19(21)20-9-4-6-11-22(20)28(26)30-27(23)24/h3-17H,1-2H3/i17D.